The van der Waals surface area contributed by atoms with Crippen LogP contribution in [0.3, 0.4) is 0 Å². The Morgan fingerprint density at radius 3 is 2.38 bits per heavy atom. The Bertz CT molecular complexity index is 639. The molecular weight excluding hydrogens is 283 g/mol. The fourth-order valence-electron chi connectivity index (χ4n) is 1.73. The number of carbonyl (C=O) groups excluding carboxylic acids is 1. The topological polar surface area (TPSA) is 54.0 Å². The van der Waals surface area contributed by atoms with Gasteiger partial charge in [0.1, 0.15) is 5.82 Å². The van der Waals surface area contributed by atoms with Crippen molar-refractivity contribution in [1.29, 1.82) is 0 Å². The minimum Gasteiger partial charge on any atom is -0.372 e. The van der Waals surface area contributed by atoms with Gasteiger partial charge in [-0.2, -0.15) is 13.2 Å². The monoisotopic (exact) mass is 295 g/mol. The highest BCUT2D eigenvalue weighted by Gasteiger charge is 2.30. The molecule has 4 nitrogen and oxygen atoms in total. The van der Waals surface area contributed by atoms with Gasteiger partial charge in [-0.25, -0.2) is 4.98 Å². The predicted octanol–water partition coefficient (Wildman–Crippen LogP) is 3.39. The standard InChI is InChI=1S/C14H12F3N3O/c1-18-12-11(3-2-8-19-12)13(21)20-10-6-4-9(5-7-10)14(15,16)17/h2-8H,1H3,(H,18,19)(H,20,21). The van der Waals surface area contributed by atoms with Crippen LogP contribution >= 0.6 is 0 Å². The molecule has 0 unspecified atom stereocenters. The van der Waals surface area contributed by atoms with Crippen molar-refractivity contribution in [2.45, 2.75) is 6.18 Å². The van der Waals surface area contributed by atoms with Crippen LogP contribution in [-0.2, 0) is 6.18 Å². The van der Waals surface area contributed by atoms with Crippen LogP contribution in [0.4, 0.5) is 24.7 Å². The number of hydrogen-bond acceptors (Lipinski definition) is 3. The Hall–Kier alpha value is -2.57. The number of nitrogens with one attached hydrogen (secondary N) is 2. The third-order valence-electron chi connectivity index (χ3n) is 2.76. The number of aromatic nitrogens is 1. The molecule has 0 radical (unpaired) electrons. The van der Waals surface area contributed by atoms with Gasteiger partial charge in [0.05, 0.1) is 11.1 Å². The van der Waals surface area contributed by atoms with Crippen LogP contribution < -0.4 is 10.6 Å². The summed E-state index contributed by atoms with van der Waals surface area (Å²) in [6.45, 7) is 0. The van der Waals surface area contributed by atoms with Crippen molar-refractivity contribution >= 4 is 17.4 Å². The highest BCUT2D eigenvalue weighted by atomic mass is 19.4. The SMILES string of the molecule is CNc1ncccc1C(=O)Nc1ccc(C(F)(F)F)cc1. The van der Waals surface area contributed by atoms with Crippen molar-refractivity contribution in [3.05, 3.63) is 53.7 Å². The van der Waals surface area contributed by atoms with Gasteiger partial charge in [0.25, 0.3) is 5.91 Å². The number of rotatable bonds is 3. The largest absolute Gasteiger partial charge is 0.416 e. The van der Waals surface area contributed by atoms with E-state index in [0.717, 1.165) is 12.1 Å². The molecule has 0 fully saturated rings. The smallest absolute Gasteiger partial charge is 0.372 e. The number of carbonyl (C=O) groups is 1. The molecule has 1 aromatic heterocycles. The van der Waals surface area contributed by atoms with E-state index < -0.39 is 17.6 Å². The normalized spacial score (nSPS) is 11.0. The van der Waals surface area contributed by atoms with Crippen molar-refractivity contribution in [3.8, 4) is 0 Å². The van der Waals surface area contributed by atoms with Crippen LogP contribution in [0.1, 0.15) is 15.9 Å². The Labute approximate surface area is 119 Å². The lowest BCUT2D eigenvalue weighted by Crippen LogP contribution is -2.15. The average molecular weight is 295 g/mol. The zero-order valence-electron chi connectivity index (χ0n) is 11.0. The fourth-order valence-corrected chi connectivity index (χ4v) is 1.73. The molecule has 0 aliphatic carbocycles. The maximum atomic E-state index is 12.4. The van der Waals surface area contributed by atoms with E-state index in [2.05, 4.69) is 15.6 Å². The van der Waals surface area contributed by atoms with E-state index in [1.165, 1.54) is 18.3 Å². The van der Waals surface area contributed by atoms with Crippen molar-refractivity contribution in [3.63, 3.8) is 0 Å². The lowest BCUT2D eigenvalue weighted by atomic mass is 10.2. The summed E-state index contributed by atoms with van der Waals surface area (Å²) in [6.07, 6.45) is -2.87. The number of benzene rings is 1. The molecular formula is C14H12F3N3O. The minimum atomic E-state index is -4.40. The van der Waals surface area contributed by atoms with Gasteiger partial charge in [0.15, 0.2) is 0 Å². The van der Waals surface area contributed by atoms with Gasteiger partial charge in [-0.05, 0) is 36.4 Å². The van der Waals surface area contributed by atoms with Gasteiger partial charge in [-0.1, -0.05) is 0 Å². The second-order valence-electron chi connectivity index (χ2n) is 4.18. The first kappa shape index (κ1) is 14.8. The fraction of sp³-hybridized carbons (Fsp3) is 0.143. The molecule has 0 aliphatic rings. The van der Waals surface area contributed by atoms with Crippen LogP contribution in [0.2, 0.25) is 0 Å². The average Bonchev–Trinajstić information content (AvgIpc) is 2.46. The number of anilines is 2. The number of amides is 1. The van der Waals surface area contributed by atoms with Crippen LogP contribution in [0.5, 0.6) is 0 Å². The summed E-state index contributed by atoms with van der Waals surface area (Å²) in [5.41, 5.74) is -0.184. The van der Waals surface area contributed by atoms with Crippen molar-refractivity contribution in [2.24, 2.45) is 0 Å². The van der Waals surface area contributed by atoms with E-state index in [4.69, 9.17) is 0 Å². The number of halogens is 3. The molecule has 2 aromatic rings. The molecule has 1 heterocycles. The molecule has 1 amide bonds. The van der Waals surface area contributed by atoms with E-state index >= 15 is 0 Å². The summed E-state index contributed by atoms with van der Waals surface area (Å²) < 4.78 is 37.3. The van der Waals surface area contributed by atoms with Gasteiger partial charge in [0, 0.05) is 18.9 Å². The molecule has 7 heteroatoms. The maximum absolute atomic E-state index is 12.4. The van der Waals surface area contributed by atoms with Crippen molar-refractivity contribution in [2.75, 3.05) is 17.7 Å². The van der Waals surface area contributed by atoms with Gasteiger partial charge < -0.3 is 10.6 Å². The molecule has 0 atom stereocenters. The number of nitrogens with zero attached hydrogens (tertiary/aromatic N) is 1. The van der Waals surface area contributed by atoms with E-state index in [1.807, 2.05) is 0 Å². The highest BCUT2D eigenvalue weighted by molar-refractivity contribution is 6.07. The summed E-state index contributed by atoms with van der Waals surface area (Å²) in [7, 11) is 1.62. The summed E-state index contributed by atoms with van der Waals surface area (Å²) in [4.78, 5) is 16.0. The number of hydrogen-bond donors (Lipinski definition) is 2. The Balaban J connectivity index is 2.16. The third kappa shape index (κ3) is 3.50. The molecule has 0 bridgehead atoms. The maximum Gasteiger partial charge on any atom is 0.416 e. The van der Waals surface area contributed by atoms with Gasteiger partial charge >= 0.3 is 6.18 Å². The first-order chi connectivity index (χ1) is 9.91. The van der Waals surface area contributed by atoms with Gasteiger partial charge in [-0.15, -0.1) is 0 Å². The molecule has 2 rings (SSSR count). The molecule has 2 N–H and O–H groups in total. The third-order valence-corrected chi connectivity index (χ3v) is 2.76. The molecule has 0 saturated carbocycles. The summed E-state index contributed by atoms with van der Waals surface area (Å²) >= 11 is 0. The molecule has 0 spiro atoms. The summed E-state index contributed by atoms with van der Waals surface area (Å²) in [5, 5.41) is 5.30. The van der Waals surface area contributed by atoms with Crippen LogP contribution in [0.15, 0.2) is 42.6 Å². The predicted molar refractivity (Wildman–Crippen MR) is 73.2 cm³/mol. The molecule has 0 saturated heterocycles. The second-order valence-corrected chi connectivity index (χ2v) is 4.18. The lowest BCUT2D eigenvalue weighted by Gasteiger charge is -2.10. The summed E-state index contributed by atoms with van der Waals surface area (Å²) in [6, 6.07) is 7.41. The second kappa shape index (κ2) is 5.82. The highest BCUT2D eigenvalue weighted by Crippen LogP contribution is 2.29. The Morgan fingerprint density at radius 2 is 1.81 bits per heavy atom. The van der Waals surface area contributed by atoms with Crippen molar-refractivity contribution < 1.29 is 18.0 Å². The first-order valence-electron chi connectivity index (χ1n) is 6.03. The van der Waals surface area contributed by atoms with Gasteiger partial charge in [-0.3, -0.25) is 4.79 Å². The molecule has 1 aromatic carbocycles. The zero-order valence-corrected chi connectivity index (χ0v) is 11.0. The summed E-state index contributed by atoms with van der Waals surface area (Å²) in [5.74, 6) is -0.0610. The van der Waals surface area contributed by atoms with Gasteiger partial charge in [0.2, 0.25) is 0 Å². The van der Waals surface area contributed by atoms with E-state index in [-0.39, 0.29) is 5.69 Å². The molecule has 0 aliphatic heterocycles. The number of alkyl halides is 3. The minimum absolute atomic E-state index is 0.277. The zero-order chi connectivity index (χ0) is 15.5. The Morgan fingerprint density at radius 1 is 1.14 bits per heavy atom. The quantitative estimate of drug-likeness (QED) is 0.912. The van der Waals surface area contributed by atoms with Crippen LogP contribution in [-0.4, -0.2) is 17.9 Å². The molecule has 110 valence electrons. The van der Waals surface area contributed by atoms with Crippen LogP contribution in [0, 0.1) is 0 Å². The lowest BCUT2D eigenvalue weighted by molar-refractivity contribution is -0.137. The van der Waals surface area contributed by atoms with Crippen LogP contribution in [0.25, 0.3) is 0 Å². The first-order valence-corrected chi connectivity index (χ1v) is 6.03. The Kier molecular flexibility index (Phi) is 4.11. The number of pyridine rings is 1. The van der Waals surface area contributed by atoms with E-state index in [0.29, 0.717) is 11.4 Å². The van der Waals surface area contributed by atoms with Crippen molar-refractivity contribution in [1.82, 2.24) is 4.98 Å². The van der Waals surface area contributed by atoms with E-state index in [1.54, 1.807) is 19.2 Å². The van der Waals surface area contributed by atoms with E-state index in [9.17, 15) is 18.0 Å². The molecule has 21 heavy (non-hydrogen) atoms.